The summed E-state index contributed by atoms with van der Waals surface area (Å²) in [5.41, 5.74) is 0.986. The van der Waals surface area contributed by atoms with Crippen LogP contribution in [0.15, 0.2) is 28.7 Å². The molecule has 1 heterocycles. The van der Waals surface area contributed by atoms with Gasteiger partial charge in [-0.2, -0.15) is 0 Å². The van der Waals surface area contributed by atoms with E-state index >= 15 is 0 Å². The van der Waals surface area contributed by atoms with Crippen molar-refractivity contribution in [3.8, 4) is 0 Å². The largest absolute Gasteiger partial charge is 0.358 e. The van der Waals surface area contributed by atoms with Gasteiger partial charge in [0.05, 0.1) is 4.47 Å². The molecule has 6 nitrogen and oxygen atoms in total. The van der Waals surface area contributed by atoms with Gasteiger partial charge in [-0.1, -0.05) is 0 Å². The van der Waals surface area contributed by atoms with E-state index in [9.17, 15) is 19.3 Å². The zero-order chi connectivity index (χ0) is 14.9. The van der Waals surface area contributed by atoms with Crippen molar-refractivity contribution in [1.82, 2.24) is 4.98 Å². The fourth-order valence-corrected chi connectivity index (χ4v) is 2.05. The van der Waals surface area contributed by atoms with Gasteiger partial charge in [-0.25, -0.2) is 9.37 Å². The Bertz CT molecular complexity index is 699. The Labute approximate surface area is 121 Å². The van der Waals surface area contributed by atoms with Crippen LogP contribution in [0.3, 0.4) is 0 Å². The third-order valence-electron chi connectivity index (χ3n) is 2.63. The molecule has 2 N–H and O–H groups in total. The van der Waals surface area contributed by atoms with Crippen molar-refractivity contribution >= 4 is 33.3 Å². The van der Waals surface area contributed by atoms with Crippen LogP contribution in [0.4, 0.5) is 15.9 Å². The number of benzene rings is 1. The lowest BCUT2D eigenvalue weighted by Gasteiger charge is -2.07. The third kappa shape index (κ3) is 2.85. The molecule has 0 aliphatic carbocycles. The standard InChI is InChI=1S/C12H9BrFN3O3/c1-6-4-7(13)8(14)5-10(6)16-12(18)9-2-3-11(15-9)17(19)20/h2-5,15H,1H3,(H,16,18). The minimum Gasteiger partial charge on any atom is -0.358 e. The number of carbonyl (C=O) groups is 1. The van der Waals surface area contributed by atoms with Crippen LogP contribution in [0.1, 0.15) is 16.1 Å². The molecule has 1 aromatic carbocycles. The molecule has 0 unspecified atom stereocenters. The van der Waals surface area contributed by atoms with Crippen molar-refractivity contribution in [2.45, 2.75) is 6.92 Å². The predicted octanol–water partition coefficient (Wildman–Crippen LogP) is 3.39. The first-order valence-corrected chi connectivity index (χ1v) is 6.28. The summed E-state index contributed by atoms with van der Waals surface area (Å²) in [5.74, 6) is -1.37. The Morgan fingerprint density at radius 3 is 2.75 bits per heavy atom. The second-order valence-corrected chi connectivity index (χ2v) is 4.90. The number of halogens is 2. The van der Waals surface area contributed by atoms with Crippen LogP contribution in [-0.4, -0.2) is 15.8 Å². The van der Waals surface area contributed by atoms with Gasteiger partial charge in [0, 0.05) is 11.8 Å². The summed E-state index contributed by atoms with van der Waals surface area (Å²) < 4.78 is 13.7. The van der Waals surface area contributed by atoms with Crippen LogP contribution >= 0.6 is 15.9 Å². The molecule has 0 atom stereocenters. The molecule has 20 heavy (non-hydrogen) atoms. The number of hydrogen-bond donors (Lipinski definition) is 2. The van der Waals surface area contributed by atoms with E-state index < -0.39 is 16.6 Å². The second kappa shape index (κ2) is 5.41. The summed E-state index contributed by atoms with van der Waals surface area (Å²) in [7, 11) is 0. The van der Waals surface area contributed by atoms with Crippen LogP contribution in [0.5, 0.6) is 0 Å². The summed E-state index contributed by atoms with van der Waals surface area (Å²) in [4.78, 5) is 24.1. The lowest BCUT2D eigenvalue weighted by atomic mass is 10.2. The van der Waals surface area contributed by atoms with E-state index in [1.54, 1.807) is 6.92 Å². The maximum atomic E-state index is 13.4. The fraction of sp³-hybridized carbons (Fsp3) is 0.0833. The molecule has 0 radical (unpaired) electrons. The molecule has 1 amide bonds. The number of carbonyl (C=O) groups excluding carboxylic acids is 1. The molecule has 0 fully saturated rings. The number of hydrogen-bond acceptors (Lipinski definition) is 3. The molecule has 8 heteroatoms. The molecule has 2 aromatic rings. The monoisotopic (exact) mass is 341 g/mol. The molecule has 0 aliphatic heterocycles. The molecule has 104 valence electrons. The lowest BCUT2D eigenvalue weighted by molar-refractivity contribution is -0.389. The number of rotatable bonds is 3. The number of aromatic nitrogens is 1. The average Bonchev–Trinajstić information content (AvgIpc) is 2.85. The van der Waals surface area contributed by atoms with E-state index in [2.05, 4.69) is 26.2 Å². The smallest absolute Gasteiger partial charge is 0.321 e. The number of anilines is 1. The SMILES string of the molecule is Cc1cc(Br)c(F)cc1NC(=O)c1ccc([N+](=O)[O-])[nH]1. The third-order valence-corrected chi connectivity index (χ3v) is 3.24. The summed E-state index contributed by atoms with van der Waals surface area (Å²) >= 11 is 3.04. The minimum absolute atomic E-state index is 0.0272. The van der Waals surface area contributed by atoms with Gasteiger partial charge in [-0.15, -0.1) is 0 Å². The van der Waals surface area contributed by atoms with E-state index in [-0.39, 0.29) is 11.5 Å². The number of amides is 1. The highest BCUT2D eigenvalue weighted by atomic mass is 79.9. The Balaban J connectivity index is 2.23. The van der Waals surface area contributed by atoms with Crippen molar-refractivity contribution in [3.05, 3.63) is 55.9 Å². The predicted molar refractivity (Wildman–Crippen MR) is 74.2 cm³/mol. The molecule has 0 saturated carbocycles. The summed E-state index contributed by atoms with van der Waals surface area (Å²) in [6, 6.07) is 5.18. The van der Waals surface area contributed by atoms with Gasteiger partial charge in [0.1, 0.15) is 5.82 Å². The van der Waals surface area contributed by atoms with Crippen LogP contribution in [0.25, 0.3) is 0 Å². The fourth-order valence-electron chi connectivity index (χ4n) is 1.59. The van der Waals surface area contributed by atoms with E-state index in [1.165, 1.54) is 24.3 Å². The van der Waals surface area contributed by atoms with E-state index in [0.717, 1.165) is 0 Å². The number of aryl methyl sites for hydroxylation is 1. The number of nitrogens with one attached hydrogen (secondary N) is 2. The first-order valence-electron chi connectivity index (χ1n) is 5.49. The van der Waals surface area contributed by atoms with Crippen molar-refractivity contribution in [2.75, 3.05) is 5.32 Å². The summed E-state index contributed by atoms with van der Waals surface area (Å²) in [6.45, 7) is 1.71. The average molecular weight is 342 g/mol. The van der Waals surface area contributed by atoms with Gasteiger partial charge >= 0.3 is 5.82 Å². The van der Waals surface area contributed by atoms with Gasteiger partial charge in [0.15, 0.2) is 5.69 Å². The van der Waals surface area contributed by atoms with Gasteiger partial charge < -0.3 is 15.4 Å². The number of nitro groups is 1. The highest BCUT2D eigenvalue weighted by molar-refractivity contribution is 9.10. The molecule has 2 rings (SSSR count). The maximum absolute atomic E-state index is 13.4. The number of aromatic amines is 1. The molecule has 0 spiro atoms. The quantitative estimate of drug-likeness (QED) is 0.662. The van der Waals surface area contributed by atoms with Gasteiger partial charge in [0.2, 0.25) is 0 Å². The molecular weight excluding hydrogens is 333 g/mol. The zero-order valence-corrected chi connectivity index (χ0v) is 11.8. The topological polar surface area (TPSA) is 88.0 Å². The maximum Gasteiger partial charge on any atom is 0.321 e. The molecule has 1 aromatic heterocycles. The first-order chi connectivity index (χ1) is 9.38. The number of H-pyrrole nitrogens is 1. The van der Waals surface area contributed by atoms with E-state index in [0.29, 0.717) is 15.7 Å². The Morgan fingerprint density at radius 1 is 1.45 bits per heavy atom. The van der Waals surface area contributed by atoms with Crippen LogP contribution in [0, 0.1) is 22.9 Å². The van der Waals surface area contributed by atoms with Gasteiger partial charge in [0.25, 0.3) is 5.91 Å². The van der Waals surface area contributed by atoms with E-state index in [1.807, 2.05) is 0 Å². The lowest BCUT2D eigenvalue weighted by Crippen LogP contribution is -2.13. The Hall–Kier alpha value is -2.22. The van der Waals surface area contributed by atoms with Crippen LogP contribution in [-0.2, 0) is 0 Å². The van der Waals surface area contributed by atoms with Crippen molar-refractivity contribution in [1.29, 1.82) is 0 Å². The first kappa shape index (κ1) is 14.2. The minimum atomic E-state index is -0.638. The highest BCUT2D eigenvalue weighted by Crippen LogP contribution is 2.24. The second-order valence-electron chi connectivity index (χ2n) is 4.05. The molecular formula is C12H9BrFN3O3. The number of nitrogens with zero attached hydrogens (tertiary/aromatic N) is 1. The highest BCUT2D eigenvalue weighted by Gasteiger charge is 2.16. The summed E-state index contributed by atoms with van der Waals surface area (Å²) in [6.07, 6.45) is 0. The molecule has 0 aliphatic rings. The normalized spacial score (nSPS) is 10.3. The van der Waals surface area contributed by atoms with Crippen molar-refractivity contribution < 1.29 is 14.1 Å². The Kier molecular flexibility index (Phi) is 3.84. The van der Waals surface area contributed by atoms with Gasteiger partial charge in [-0.3, -0.25) is 4.79 Å². The van der Waals surface area contributed by atoms with E-state index in [4.69, 9.17) is 0 Å². The Morgan fingerprint density at radius 2 is 2.15 bits per heavy atom. The van der Waals surface area contributed by atoms with Crippen LogP contribution in [0.2, 0.25) is 0 Å². The van der Waals surface area contributed by atoms with Gasteiger partial charge in [-0.05, 0) is 51.5 Å². The van der Waals surface area contributed by atoms with Crippen molar-refractivity contribution in [3.63, 3.8) is 0 Å². The van der Waals surface area contributed by atoms with Crippen LogP contribution < -0.4 is 5.32 Å². The summed E-state index contributed by atoms with van der Waals surface area (Å²) in [5, 5.41) is 13.0. The molecule has 0 bridgehead atoms. The zero-order valence-electron chi connectivity index (χ0n) is 10.2. The molecule has 0 saturated heterocycles. The van der Waals surface area contributed by atoms with Crippen molar-refractivity contribution in [2.24, 2.45) is 0 Å².